The highest BCUT2D eigenvalue weighted by molar-refractivity contribution is 9.10. The van der Waals surface area contributed by atoms with Gasteiger partial charge in [0.2, 0.25) is 5.82 Å². The number of piperidine rings is 1. The van der Waals surface area contributed by atoms with Gasteiger partial charge in [-0.25, -0.2) is 14.6 Å². The Morgan fingerprint density at radius 2 is 1.69 bits per heavy atom. The molecule has 2 heterocycles. The number of hydrogen-bond donors (Lipinski definition) is 3. The van der Waals surface area contributed by atoms with E-state index >= 15 is 0 Å². The Morgan fingerprint density at radius 3 is 2.33 bits per heavy atom. The molecule has 0 spiro atoms. The van der Waals surface area contributed by atoms with Crippen LogP contribution in [0.3, 0.4) is 0 Å². The van der Waals surface area contributed by atoms with Gasteiger partial charge >= 0.3 is 12.2 Å². The minimum Gasteiger partial charge on any atom is -0.444 e. The van der Waals surface area contributed by atoms with Crippen molar-refractivity contribution in [2.24, 2.45) is 0 Å². The first-order valence-corrected chi connectivity index (χ1v) is 19.8. The minimum absolute atomic E-state index is 0.153. The second-order valence-corrected chi connectivity index (χ2v) is 20.9. The molecule has 3 rings (SSSR count). The number of amides is 3. The topological polar surface area (TPSA) is 136 Å². The van der Waals surface area contributed by atoms with Crippen LogP contribution in [0.15, 0.2) is 29.0 Å². The predicted octanol–water partition coefficient (Wildman–Crippen LogP) is 7.05. The van der Waals surface area contributed by atoms with Crippen LogP contribution in [0.2, 0.25) is 25.7 Å². The van der Waals surface area contributed by atoms with Gasteiger partial charge in [-0.05, 0) is 94.6 Å². The first-order chi connectivity index (χ1) is 20.8. The van der Waals surface area contributed by atoms with Crippen molar-refractivity contribution in [3.8, 4) is 0 Å². The molecule has 0 saturated carbocycles. The van der Waals surface area contributed by atoms with Crippen LogP contribution in [-0.2, 0) is 20.9 Å². The molecule has 1 saturated heterocycles. The van der Waals surface area contributed by atoms with Gasteiger partial charge in [0.1, 0.15) is 22.5 Å². The third kappa shape index (κ3) is 12.7. The van der Waals surface area contributed by atoms with Gasteiger partial charge in [0.05, 0.1) is 11.4 Å². The van der Waals surface area contributed by atoms with E-state index in [0.717, 1.165) is 24.6 Å². The van der Waals surface area contributed by atoms with Crippen LogP contribution >= 0.6 is 15.9 Å². The predicted molar refractivity (Wildman–Crippen MR) is 183 cm³/mol. The Kier molecular flexibility index (Phi) is 12.1. The summed E-state index contributed by atoms with van der Waals surface area (Å²) in [7, 11) is -1.27. The molecule has 2 aromatic rings. The SMILES string of the molecule is CC(C)(C)OC(=O)Nc1ccc(N2CCC[C@@H](NC(=O)OC(C)(C)C)C2)c(NC(=O)c2nc(Br)cn2COCC[Si](C)(C)C)c1. The zero-order valence-corrected chi connectivity index (χ0v) is 30.6. The number of rotatable bonds is 10. The van der Waals surface area contributed by atoms with Crippen LogP contribution in [-0.4, -0.2) is 72.7 Å². The van der Waals surface area contributed by atoms with E-state index in [1.165, 1.54) is 0 Å². The molecular formula is C31H49BrN6O6Si. The largest absolute Gasteiger partial charge is 0.444 e. The lowest BCUT2D eigenvalue weighted by molar-refractivity contribution is 0.0499. The van der Waals surface area contributed by atoms with E-state index < -0.39 is 37.4 Å². The molecule has 0 bridgehead atoms. The Labute approximate surface area is 276 Å². The van der Waals surface area contributed by atoms with E-state index in [2.05, 4.69) is 61.4 Å². The lowest BCUT2D eigenvalue weighted by Crippen LogP contribution is -2.49. The van der Waals surface area contributed by atoms with E-state index in [1.54, 1.807) is 43.7 Å². The molecule has 12 nitrogen and oxygen atoms in total. The molecule has 1 aliphatic heterocycles. The van der Waals surface area contributed by atoms with Gasteiger partial charge in [-0.2, -0.15) is 0 Å². The Hall–Kier alpha value is -3.10. The number of carbonyl (C=O) groups excluding carboxylic acids is 3. The van der Waals surface area contributed by atoms with E-state index in [9.17, 15) is 14.4 Å². The zero-order valence-electron chi connectivity index (χ0n) is 28.0. The second-order valence-electron chi connectivity index (χ2n) is 14.4. The summed E-state index contributed by atoms with van der Waals surface area (Å²) in [5.41, 5.74) is 0.372. The van der Waals surface area contributed by atoms with Crippen LogP contribution in [0.25, 0.3) is 0 Å². The summed E-state index contributed by atoms with van der Waals surface area (Å²) in [5, 5.41) is 8.72. The molecule has 0 radical (unpaired) electrons. The van der Waals surface area contributed by atoms with E-state index in [1.807, 2.05) is 26.8 Å². The molecule has 0 unspecified atom stereocenters. The third-order valence-electron chi connectivity index (χ3n) is 6.55. The first kappa shape index (κ1) is 36.4. The Balaban J connectivity index is 1.85. The summed E-state index contributed by atoms with van der Waals surface area (Å²) in [6.45, 7) is 19.7. The number of hydrogen-bond acceptors (Lipinski definition) is 8. The molecule has 250 valence electrons. The van der Waals surface area contributed by atoms with Gasteiger partial charge < -0.3 is 34.3 Å². The van der Waals surface area contributed by atoms with Gasteiger partial charge in [0.15, 0.2) is 0 Å². The highest BCUT2D eigenvalue weighted by Gasteiger charge is 2.27. The van der Waals surface area contributed by atoms with Gasteiger partial charge in [-0.1, -0.05) is 19.6 Å². The van der Waals surface area contributed by atoms with Crippen LogP contribution in [0.4, 0.5) is 26.7 Å². The minimum atomic E-state index is -1.27. The number of anilines is 3. The molecule has 14 heteroatoms. The number of alkyl carbamates (subject to hydrolysis) is 1. The smallest absolute Gasteiger partial charge is 0.412 e. The number of carbonyl (C=O) groups is 3. The number of aromatic nitrogens is 2. The average molecular weight is 710 g/mol. The lowest BCUT2D eigenvalue weighted by atomic mass is 10.0. The fourth-order valence-electron chi connectivity index (χ4n) is 4.58. The molecule has 3 amide bonds. The van der Waals surface area contributed by atoms with Crippen LogP contribution < -0.4 is 20.9 Å². The maximum atomic E-state index is 13.7. The number of imidazole rings is 1. The molecule has 1 aromatic carbocycles. The van der Waals surface area contributed by atoms with Crippen molar-refractivity contribution in [1.29, 1.82) is 0 Å². The monoisotopic (exact) mass is 708 g/mol. The third-order valence-corrected chi connectivity index (χ3v) is 8.64. The van der Waals surface area contributed by atoms with Crippen molar-refractivity contribution in [2.45, 2.75) is 104 Å². The summed E-state index contributed by atoms with van der Waals surface area (Å²) in [4.78, 5) is 45.2. The van der Waals surface area contributed by atoms with Crippen LogP contribution in [0.1, 0.15) is 65.0 Å². The lowest BCUT2D eigenvalue weighted by Gasteiger charge is -2.36. The summed E-state index contributed by atoms with van der Waals surface area (Å²) in [5.74, 6) is -0.264. The summed E-state index contributed by atoms with van der Waals surface area (Å²) >= 11 is 3.39. The summed E-state index contributed by atoms with van der Waals surface area (Å²) in [6.07, 6.45) is 2.24. The van der Waals surface area contributed by atoms with Crippen molar-refractivity contribution < 1.29 is 28.6 Å². The molecule has 1 aromatic heterocycles. The normalized spacial score (nSPS) is 15.8. The van der Waals surface area contributed by atoms with Gasteiger partial charge in [-0.15, -0.1) is 0 Å². The quantitative estimate of drug-likeness (QED) is 0.177. The number of halogens is 1. The van der Waals surface area contributed by atoms with Crippen molar-refractivity contribution >= 4 is 59.2 Å². The molecule has 3 N–H and O–H groups in total. The van der Waals surface area contributed by atoms with Gasteiger partial charge in [-0.3, -0.25) is 10.1 Å². The molecule has 1 aliphatic rings. The van der Waals surface area contributed by atoms with Crippen molar-refractivity contribution in [3.05, 3.63) is 34.8 Å². The average Bonchev–Trinajstić information content (AvgIpc) is 3.24. The fourth-order valence-corrected chi connectivity index (χ4v) is 5.75. The molecular weight excluding hydrogens is 660 g/mol. The van der Waals surface area contributed by atoms with Crippen molar-refractivity contribution in [1.82, 2.24) is 14.9 Å². The number of ether oxygens (including phenoxy) is 3. The van der Waals surface area contributed by atoms with Crippen molar-refractivity contribution in [2.75, 3.05) is 35.2 Å². The zero-order chi connectivity index (χ0) is 33.6. The van der Waals surface area contributed by atoms with Crippen molar-refractivity contribution in [3.63, 3.8) is 0 Å². The Bertz CT molecular complexity index is 1350. The van der Waals surface area contributed by atoms with Gasteiger partial charge in [0, 0.05) is 45.7 Å². The fraction of sp³-hybridized carbons (Fsp3) is 0.613. The molecule has 45 heavy (non-hydrogen) atoms. The summed E-state index contributed by atoms with van der Waals surface area (Å²) < 4.78 is 18.9. The van der Waals surface area contributed by atoms with E-state index in [0.29, 0.717) is 35.7 Å². The number of nitrogens with zero attached hydrogens (tertiary/aromatic N) is 3. The standard InChI is InChI=1S/C31H49BrN6O6Si/c1-30(2,3)43-28(40)33-21-12-13-24(37-14-10-11-22(18-37)34-29(41)44-31(4,5)6)23(17-21)35-27(39)26-36-25(32)19-38(26)20-42-15-16-45(7,8)9/h12-13,17,19,22H,10-11,14-16,18,20H2,1-9H3,(H,33,40)(H,34,41)(H,35,39)/t22-/m1/s1. The van der Waals surface area contributed by atoms with Gasteiger partial charge in [0.25, 0.3) is 5.91 Å². The maximum Gasteiger partial charge on any atom is 0.412 e. The highest BCUT2D eigenvalue weighted by Crippen LogP contribution is 2.32. The Morgan fingerprint density at radius 1 is 1.02 bits per heavy atom. The number of benzene rings is 1. The first-order valence-electron chi connectivity index (χ1n) is 15.3. The van der Waals surface area contributed by atoms with Crippen LogP contribution in [0.5, 0.6) is 0 Å². The van der Waals surface area contributed by atoms with E-state index in [4.69, 9.17) is 14.2 Å². The maximum absolute atomic E-state index is 13.7. The van der Waals surface area contributed by atoms with Crippen LogP contribution in [0, 0.1) is 0 Å². The molecule has 1 atom stereocenters. The molecule has 0 aliphatic carbocycles. The highest BCUT2D eigenvalue weighted by atomic mass is 79.9. The molecule has 1 fully saturated rings. The summed E-state index contributed by atoms with van der Waals surface area (Å²) in [6, 6.07) is 6.13. The second kappa shape index (κ2) is 15.0. The number of nitrogens with one attached hydrogen (secondary N) is 3. The van der Waals surface area contributed by atoms with E-state index in [-0.39, 0.29) is 18.6 Å².